The fourth-order valence-electron chi connectivity index (χ4n) is 5.51. The fraction of sp³-hybridized carbons (Fsp3) is 0.286. The molecule has 6 rings (SSSR count). The SMILES string of the molecule is CC(C)Oc1cc(C(=O)Cn2ccnc2)ccc1-n1c(CN2CCN(C(=O)COc3ccc(Cl)cc3)CC2)nc2ccccc2c1=O. The van der Waals surface area contributed by atoms with E-state index < -0.39 is 0 Å². The molecule has 5 aromatic rings. The molecule has 11 nitrogen and oxygen atoms in total. The van der Waals surface area contributed by atoms with Crippen LogP contribution in [0.25, 0.3) is 16.6 Å². The lowest BCUT2D eigenvalue weighted by molar-refractivity contribution is -0.135. The number of hydrogen-bond donors (Lipinski definition) is 0. The van der Waals surface area contributed by atoms with Gasteiger partial charge in [-0.2, -0.15) is 0 Å². The molecule has 0 aliphatic carbocycles. The van der Waals surface area contributed by atoms with Crippen molar-refractivity contribution in [3.05, 3.63) is 112 Å². The molecule has 0 spiro atoms. The number of piperazine rings is 1. The molecule has 242 valence electrons. The standard InChI is InChI=1S/C35H35ClN6O5/c1-24(2)47-32-19-25(31(43)20-40-14-13-37-23-40)7-12-30(32)42-33(38-29-6-4-3-5-28(29)35(42)45)21-39-15-17-41(18-16-39)34(44)22-46-27-10-8-26(36)9-11-27/h3-14,19,23-24H,15-18,20-22H2,1-2H3. The van der Waals surface area contributed by atoms with Gasteiger partial charge in [0.15, 0.2) is 12.4 Å². The zero-order chi connectivity index (χ0) is 32.9. The van der Waals surface area contributed by atoms with Crippen molar-refractivity contribution in [1.29, 1.82) is 0 Å². The van der Waals surface area contributed by atoms with Gasteiger partial charge in [0.25, 0.3) is 11.5 Å². The summed E-state index contributed by atoms with van der Waals surface area (Å²) < 4.78 is 15.1. The van der Waals surface area contributed by atoms with Crippen molar-refractivity contribution in [1.82, 2.24) is 28.9 Å². The number of carbonyl (C=O) groups excluding carboxylic acids is 2. The molecule has 1 fully saturated rings. The summed E-state index contributed by atoms with van der Waals surface area (Å²) in [5.74, 6) is 1.31. The summed E-state index contributed by atoms with van der Waals surface area (Å²) in [4.78, 5) is 53.0. The second-order valence-electron chi connectivity index (χ2n) is 11.6. The zero-order valence-electron chi connectivity index (χ0n) is 26.2. The maximum Gasteiger partial charge on any atom is 0.266 e. The van der Waals surface area contributed by atoms with Gasteiger partial charge in [0.1, 0.15) is 17.3 Å². The largest absolute Gasteiger partial charge is 0.489 e. The predicted octanol–water partition coefficient (Wildman–Crippen LogP) is 4.63. The molecule has 0 saturated carbocycles. The molecule has 47 heavy (non-hydrogen) atoms. The molecule has 0 bridgehead atoms. The van der Waals surface area contributed by atoms with Crippen molar-refractivity contribution >= 4 is 34.2 Å². The number of imidazole rings is 1. The molecular weight excluding hydrogens is 620 g/mol. The molecule has 1 saturated heterocycles. The first-order valence-corrected chi connectivity index (χ1v) is 15.8. The van der Waals surface area contributed by atoms with Gasteiger partial charge in [-0.1, -0.05) is 23.7 Å². The van der Waals surface area contributed by atoms with E-state index in [9.17, 15) is 14.4 Å². The third-order valence-electron chi connectivity index (χ3n) is 7.88. The van der Waals surface area contributed by atoms with E-state index >= 15 is 0 Å². The number of benzene rings is 3. The number of aromatic nitrogens is 4. The molecule has 0 atom stereocenters. The highest BCUT2D eigenvalue weighted by atomic mass is 35.5. The van der Waals surface area contributed by atoms with Crippen molar-refractivity contribution in [2.45, 2.75) is 33.0 Å². The van der Waals surface area contributed by atoms with Gasteiger partial charge in [-0.15, -0.1) is 0 Å². The Morgan fingerprint density at radius 2 is 1.74 bits per heavy atom. The highest BCUT2D eigenvalue weighted by molar-refractivity contribution is 6.30. The number of para-hydroxylation sites is 1. The first-order chi connectivity index (χ1) is 22.7. The van der Waals surface area contributed by atoms with Crippen molar-refractivity contribution < 1.29 is 19.1 Å². The molecule has 3 heterocycles. The Morgan fingerprint density at radius 1 is 0.979 bits per heavy atom. The predicted molar refractivity (Wildman–Crippen MR) is 178 cm³/mol. The second kappa shape index (κ2) is 14.2. The zero-order valence-corrected chi connectivity index (χ0v) is 27.0. The van der Waals surface area contributed by atoms with Gasteiger partial charge in [0.2, 0.25) is 0 Å². The Hall–Kier alpha value is -5.00. The van der Waals surface area contributed by atoms with E-state index in [0.29, 0.717) is 77.2 Å². The summed E-state index contributed by atoms with van der Waals surface area (Å²) in [6, 6.07) is 19.3. The van der Waals surface area contributed by atoms with Crippen LogP contribution < -0.4 is 15.0 Å². The Bertz CT molecular complexity index is 1930. The van der Waals surface area contributed by atoms with Gasteiger partial charge in [0, 0.05) is 49.2 Å². The number of halogens is 1. The first kappa shape index (κ1) is 32.0. The van der Waals surface area contributed by atoms with Gasteiger partial charge in [0.05, 0.1) is 42.1 Å². The number of ketones is 1. The van der Waals surface area contributed by atoms with E-state index in [1.165, 1.54) is 0 Å². The van der Waals surface area contributed by atoms with Gasteiger partial charge in [-0.3, -0.25) is 23.9 Å². The summed E-state index contributed by atoms with van der Waals surface area (Å²) in [6.45, 7) is 6.43. The van der Waals surface area contributed by atoms with Crippen LogP contribution in [-0.4, -0.2) is 79.5 Å². The van der Waals surface area contributed by atoms with Crippen LogP contribution in [0, 0.1) is 0 Å². The molecule has 3 aromatic carbocycles. The molecule has 1 aliphatic heterocycles. The summed E-state index contributed by atoms with van der Waals surface area (Å²) in [5.41, 5.74) is 1.33. The molecule has 0 radical (unpaired) electrons. The molecule has 2 aromatic heterocycles. The number of Topliss-reactive ketones (excluding diaryl/α,β-unsaturated/α-hetero) is 1. The maximum absolute atomic E-state index is 14.1. The smallest absolute Gasteiger partial charge is 0.266 e. The van der Waals surface area contributed by atoms with E-state index in [0.717, 1.165) is 0 Å². The number of amides is 1. The lowest BCUT2D eigenvalue weighted by atomic mass is 10.1. The van der Waals surface area contributed by atoms with Gasteiger partial charge < -0.3 is 18.9 Å². The van der Waals surface area contributed by atoms with Crippen LogP contribution in [0.3, 0.4) is 0 Å². The second-order valence-corrected chi connectivity index (χ2v) is 12.0. The van der Waals surface area contributed by atoms with Crippen molar-refractivity contribution in [2.75, 3.05) is 32.8 Å². The lowest BCUT2D eigenvalue weighted by Gasteiger charge is -2.34. The third kappa shape index (κ3) is 7.53. The number of rotatable bonds is 11. The molecule has 12 heteroatoms. The van der Waals surface area contributed by atoms with E-state index in [4.69, 9.17) is 26.1 Å². The fourth-order valence-corrected chi connectivity index (χ4v) is 5.64. The molecule has 0 unspecified atom stereocenters. The molecule has 1 amide bonds. The van der Waals surface area contributed by atoms with Crippen molar-refractivity contribution in [3.63, 3.8) is 0 Å². The van der Waals surface area contributed by atoms with Crippen LogP contribution in [0.15, 0.2) is 90.2 Å². The molecule has 1 aliphatic rings. The minimum Gasteiger partial charge on any atom is -0.489 e. The summed E-state index contributed by atoms with van der Waals surface area (Å²) >= 11 is 5.94. The Morgan fingerprint density at radius 3 is 2.47 bits per heavy atom. The van der Waals surface area contributed by atoms with Crippen LogP contribution in [0.1, 0.15) is 30.0 Å². The van der Waals surface area contributed by atoms with E-state index in [-0.39, 0.29) is 36.5 Å². The number of ether oxygens (including phenoxy) is 2. The minimum atomic E-state index is -0.232. The van der Waals surface area contributed by atoms with E-state index in [2.05, 4.69) is 9.88 Å². The highest BCUT2D eigenvalue weighted by Crippen LogP contribution is 2.28. The third-order valence-corrected chi connectivity index (χ3v) is 8.13. The Labute approximate surface area is 276 Å². The Kier molecular flexibility index (Phi) is 9.65. The van der Waals surface area contributed by atoms with Gasteiger partial charge >= 0.3 is 0 Å². The topological polar surface area (TPSA) is 112 Å². The number of hydrogen-bond acceptors (Lipinski definition) is 8. The van der Waals surface area contributed by atoms with E-state index in [1.807, 2.05) is 32.0 Å². The minimum absolute atomic E-state index is 0.0626. The highest BCUT2D eigenvalue weighted by Gasteiger charge is 2.25. The molecule has 0 N–H and O–H groups in total. The monoisotopic (exact) mass is 654 g/mol. The van der Waals surface area contributed by atoms with Gasteiger partial charge in [-0.25, -0.2) is 9.97 Å². The number of carbonyl (C=O) groups is 2. The van der Waals surface area contributed by atoms with Crippen LogP contribution in [0.5, 0.6) is 11.5 Å². The normalized spacial score (nSPS) is 13.7. The van der Waals surface area contributed by atoms with Gasteiger partial charge in [-0.05, 0) is 68.4 Å². The van der Waals surface area contributed by atoms with Crippen molar-refractivity contribution in [3.8, 4) is 17.2 Å². The quantitative estimate of drug-likeness (QED) is 0.190. The lowest BCUT2D eigenvalue weighted by Crippen LogP contribution is -2.50. The number of fused-ring (bicyclic) bond motifs is 1. The van der Waals surface area contributed by atoms with E-state index in [1.54, 1.807) is 81.3 Å². The average molecular weight is 655 g/mol. The van der Waals surface area contributed by atoms with Crippen LogP contribution in [0.2, 0.25) is 5.02 Å². The summed E-state index contributed by atoms with van der Waals surface area (Å²) in [6.07, 6.45) is 4.74. The summed E-state index contributed by atoms with van der Waals surface area (Å²) in [5, 5.41) is 1.08. The number of nitrogens with zero attached hydrogens (tertiary/aromatic N) is 6. The van der Waals surface area contributed by atoms with Crippen LogP contribution in [0.4, 0.5) is 0 Å². The maximum atomic E-state index is 14.1. The summed E-state index contributed by atoms with van der Waals surface area (Å²) in [7, 11) is 0. The van der Waals surface area contributed by atoms with Crippen LogP contribution in [-0.2, 0) is 17.9 Å². The average Bonchev–Trinajstić information content (AvgIpc) is 3.58. The first-order valence-electron chi connectivity index (χ1n) is 15.4. The van der Waals surface area contributed by atoms with Crippen molar-refractivity contribution in [2.24, 2.45) is 0 Å². The van der Waals surface area contributed by atoms with Crippen LogP contribution >= 0.6 is 11.6 Å². The molecular formula is C35H35ClN6O5. The Balaban J connectivity index is 1.25.